The lowest BCUT2D eigenvalue weighted by Gasteiger charge is -2.21. The highest BCUT2D eigenvalue weighted by atomic mass is 32.2. The van der Waals surface area contributed by atoms with E-state index in [-0.39, 0.29) is 11.2 Å². The van der Waals surface area contributed by atoms with Crippen molar-refractivity contribution in [3.05, 3.63) is 30.0 Å². The number of carbonyl (C=O) groups is 1. The molecule has 1 N–H and O–H groups in total. The monoisotopic (exact) mass is 363 g/mol. The lowest BCUT2D eigenvalue weighted by atomic mass is 10.0. The quantitative estimate of drug-likeness (QED) is 0.850. The molecule has 0 radical (unpaired) electrons. The molecule has 1 aromatic heterocycles. The Kier molecular flexibility index (Phi) is 5.47. The van der Waals surface area contributed by atoms with Gasteiger partial charge in [0.05, 0.1) is 16.4 Å². The van der Waals surface area contributed by atoms with E-state index < -0.39 is 9.84 Å². The van der Waals surface area contributed by atoms with Crippen LogP contribution in [0.1, 0.15) is 50.5 Å². The van der Waals surface area contributed by atoms with Gasteiger partial charge in [-0.15, -0.1) is 0 Å². The van der Waals surface area contributed by atoms with Crippen molar-refractivity contribution < 1.29 is 17.6 Å². The van der Waals surface area contributed by atoms with Crippen molar-refractivity contribution >= 4 is 26.7 Å². The van der Waals surface area contributed by atoms with E-state index in [1.165, 1.54) is 0 Å². The Morgan fingerprint density at radius 1 is 1.24 bits per heavy atom. The number of nitrogens with one attached hydrogen (secondary N) is 1. The van der Waals surface area contributed by atoms with Crippen molar-refractivity contribution in [2.24, 2.45) is 0 Å². The molecule has 1 fully saturated rings. The molecule has 6 heteroatoms. The first-order valence-corrected chi connectivity index (χ1v) is 10.5. The number of hydrogen-bond donors (Lipinski definition) is 1. The Bertz CT molecular complexity index is 847. The first-order chi connectivity index (χ1) is 12.0. The Morgan fingerprint density at radius 3 is 2.72 bits per heavy atom. The van der Waals surface area contributed by atoms with Crippen LogP contribution in [0.5, 0.6) is 0 Å². The topological polar surface area (TPSA) is 76.4 Å². The van der Waals surface area contributed by atoms with Gasteiger partial charge >= 0.3 is 0 Å². The largest absolute Gasteiger partial charge is 0.464 e. The maximum atomic E-state index is 12.9. The summed E-state index contributed by atoms with van der Waals surface area (Å²) in [5.41, 5.74) is 1.65. The number of sulfone groups is 1. The van der Waals surface area contributed by atoms with Gasteiger partial charge in [-0.25, -0.2) is 8.42 Å². The standard InChI is InChI=1S/C19H25NO4S/c1-20-19(21)9-5-6-14-13-24-18-11-10-16(12-17(14)18)25(22,23)15-7-3-2-4-8-15/h10-13,15H,2-9H2,1H3,(H,20,21). The fourth-order valence-corrected chi connectivity index (χ4v) is 5.44. The average Bonchev–Trinajstić information content (AvgIpc) is 3.04. The van der Waals surface area contributed by atoms with E-state index in [2.05, 4.69) is 5.32 Å². The minimum atomic E-state index is -3.29. The Balaban J connectivity index is 1.83. The highest BCUT2D eigenvalue weighted by molar-refractivity contribution is 7.92. The minimum absolute atomic E-state index is 0.00775. The molecule has 136 valence electrons. The van der Waals surface area contributed by atoms with Crippen LogP contribution in [0.15, 0.2) is 33.8 Å². The second-order valence-corrected chi connectivity index (χ2v) is 8.98. The van der Waals surface area contributed by atoms with Gasteiger partial charge in [-0.2, -0.15) is 0 Å². The predicted octanol–water partition coefficient (Wildman–Crippen LogP) is 3.61. The molecule has 1 aliphatic carbocycles. The lowest BCUT2D eigenvalue weighted by molar-refractivity contribution is -0.120. The van der Waals surface area contributed by atoms with E-state index in [4.69, 9.17) is 4.42 Å². The molecule has 0 aliphatic heterocycles. The van der Waals surface area contributed by atoms with Crippen LogP contribution in [0.25, 0.3) is 11.0 Å². The summed E-state index contributed by atoms with van der Waals surface area (Å²) < 4.78 is 31.4. The van der Waals surface area contributed by atoms with Crippen LogP contribution in [0, 0.1) is 0 Å². The summed E-state index contributed by atoms with van der Waals surface area (Å²) in [6.07, 6.45) is 8.12. The Hall–Kier alpha value is -1.82. The van der Waals surface area contributed by atoms with Crippen molar-refractivity contribution in [1.82, 2.24) is 5.32 Å². The number of benzene rings is 1. The Morgan fingerprint density at radius 2 is 2.00 bits per heavy atom. The van der Waals surface area contributed by atoms with Crippen molar-refractivity contribution in [2.75, 3.05) is 7.05 Å². The van der Waals surface area contributed by atoms with Crippen LogP contribution in [0.2, 0.25) is 0 Å². The van der Waals surface area contributed by atoms with Crippen LogP contribution >= 0.6 is 0 Å². The zero-order valence-electron chi connectivity index (χ0n) is 14.6. The molecule has 0 bridgehead atoms. The maximum Gasteiger partial charge on any atom is 0.219 e. The second kappa shape index (κ2) is 7.60. The molecule has 3 rings (SSSR count). The first kappa shape index (κ1) is 18.0. The molecule has 0 unspecified atom stereocenters. The number of fused-ring (bicyclic) bond motifs is 1. The summed E-state index contributed by atoms with van der Waals surface area (Å²) >= 11 is 0. The van der Waals surface area contributed by atoms with Gasteiger partial charge in [-0.3, -0.25) is 4.79 Å². The van der Waals surface area contributed by atoms with Gasteiger partial charge in [0.1, 0.15) is 5.58 Å². The summed E-state index contributed by atoms with van der Waals surface area (Å²) in [5, 5.41) is 3.19. The third-order valence-electron chi connectivity index (χ3n) is 5.07. The van der Waals surface area contributed by atoms with Crippen LogP contribution in [0.4, 0.5) is 0 Å². The summed E-state index contributed by atoms with van der Waals surface area (Å²) in [6.45, 7) is 0. The zero-order chi connectivity index (χ0) is 17.9. The molecule has 1 amide bonds. The second-order valence-electron chi connectivity index (χ2n) is 6.75. The number of carbonyl (C=O) groups excluding carboxylic acids is 1. The van der Waals surface area contributed by atoms with Crippen LogP contribution in [-0.2, 0) is 21.1 Å². The molecular weight excluding hydrogens is 338 g/mol. The lowest BCUT2D eigenvalue weighted by Crippen LogP contribution is -2.24. The molecule has 0 saturated heterocycles. The van der Waals surface area contributed by atoms with Crippen LogP contribution < -0.4 is 5.32 Å². The van der Waals surface area contributed by atoms with Crippen molar-refractivity contribution in [3.8, 4) is 0 Å². The molecular formula is C19H25NO4S. The first-order valence-electron chi connectivity index (χ1n) is 8.97. The summed E-state index contributed by atoms with van der Waals surface area (Å²) in [7, 11) is -1.67. The number of aryl methyl sites for hydroxylation is 1. The smallest absolute Gasteiger partial charge is 0.219 e. The number of amides is 1. The van der Waals surface area contributed by atoms with Gasteiger partial charge in [0, 0.05) is 18.9 Å². The normalized spacial score (nSPS) is 16.2. The third-order valence-corrected chi connectivity index (χ3v) is 7.33. The van der Waals surface area contributed by atoms with Crippen molar-refractivity contribution in [3.63, 3.8) is 0 Å². The van der Waals surface area contributed by atoms with Crippen LogP contribution in [-0.4, -0.2) is 26.6 Å². The molecule has 5 nitrogen and oxygen atoms in total. The third kappa shape index (κ3) is 3.89. The average molecular weight is 363 g/mol. The van der Waals surface area contributed by atoms with Crippen molar-refractivity contribution in [2.45, 2.75) is 61.5 Å². The Labute approximate surface area is 148 Å². The van der Waals surface area contributed by atoms with Gasteiger partial charge < -0.3 is 9.73 Å². The fourth-order valence-electron chi connectivity index (χ4n) is 3.56. The fraction of sp³-hybridized carbons (Fsp3) is 0.526. The highest BCUT2D eigenvalue weighted by Crippen LogP contribution is 2.31. The summed E-state index contributed by atoms with van der Waals surface area (Å²) in [4.78, 5) is 11.7. The van der Waals surface area contributed by atoms with Gasteiger partial charge in [-0.1, -0.05) is 19.3 Å². The van der Waals surface area contributed by atoms with Gasteiger partial charge in [0.25, 0.3) is 0 Å². The van der Waals surface area contributed by atoms with E-state index in [0.717, 1.165) is 43.1 Å². The van der Waals surface area contributed by atoms with Crippen LogP contribution in [0.3, 0.4) is 0 Å². The van der Waals surface area contributed by atoms with Gasteiger partial charge in [0.2, 0.25) is 5.91 Å². The van der Waals surface area contributed by atoms with E-state index in [9.17, 15) is 13.2 Å². The SMILES string of the molecule is CNC(=O)CCCc1coc2ccc(S(=O)(=O)C3CCCCC3)cc12. The van der Waals surface area contributed by atoms with E-state index >= 15 is 0 Å². The molecule has 2 aromatic rings. The van der Waals surface area contributed by atoms with E-state index in [1.807, 2.05) is 0 Å². The van der Waals surface area contributed by atoms with E-state index in [0.29, 0.717) is 29.7 Å². The molecule has 1 aromatic carbocycles. The maximum absolute atomic E-state index is 12.9. The van der Waals surface area contributed by atoms with Gasteiger partial charge in [-0.05, 0) is 49.4 Å². The minimum Gasteiger partial charge on any atom is -0.464 e. The molecule has 1 saturated carbocycles. The summed E-state index contributed by atoms with van der Waals surface area (Å²) in [6, 6.07) is 5.15. The number of hydrogen-bond acceptors (Lipinski definition) is 4. The van der Waals surface area contributed by atoms with E-state index in [1.54, 1.807) is 31.5 Å². The number of rotatable bonds is 6. The summed E-state index contributed by atoms with van der Waals surface area (Å²) in [5.74, 6) is 0.00775. The molecule has 1 heterocycles. The predicted molar refractivity (Wildman–Crippen MR) is 97.3 cm³/mol. The molecule has 0 spiro atoms. The zero-order valence-corrected chi connectivity index (χ0v) is 15.4. The molecule has 1 aliphatic rings. The molecule has 0 atom stereocenters. The van der Waals surface area contributed by atoms with Gasteiger partial charge in [0.15, 0.2) is 9.84 Å². The highest BCUT2D eigenvalue weighted by Gasteiger charge is 2.29. The van der Waals surface area contributed by atoms with Crippen molar-refractivity contribution in [1.29, 1.82) is 0 Å². The number of furan rings is 1. The molecule has 25 heavy (non-hydrogen) atoms.